The summed E-state index contributed by atoms with van der Waals surface area (Å²) in [6.07, 6.45) is 0.729. The van der Waals surface area contributed by atoms with Gasteiger partial charge in [0.1, 0.15) is 5.82 Å². The molecule has 2 rings (SSSR count). The summed E-state index contributed by atoms with van der Waals surface area (Å²) in [6, 6.07) is 2.64. The molecule has 120 valence electrons. The standard InChI is InChI=1S/C16H21FN2O3/c1-9(2)5-11(20)8-18-16(22)12-6-10-3-4-15(21)19-14(10)7-13(12)17/h6-7,9,11,20H,3-5,8H2,1-2H3,(H,18,22)(H,19,21). The first-order chi connectivity index (χ1) is 10.4. The number of benzene rings is 1. The summed E-state index contributed by atoms with van der Waals surface area (Å²) in [7, 11) is 0. The van der Waals surface area contributed by atoms with Crippen LogP contribution in [0.15, 0.2) is 12.1 Å². The fourth-order valence-electron chi connectivity index (χ4n) is 2.51. The normalized spacial score (nSPS) is 15.2. The zero-order chi connectivity index (χ0) is 16.3. The van der Waals surface area contributed by atoms with E-state index in [1.807, 2.05) is 13.8 Å². The van der Waals surface area contributed by atoms with E-state index in [-0.39, 0.29) is 18.0 Å². The molecule has 3 N–H and O–H groups in total. The Kier molecular flexibility index (Phi) is 5.13. The molecular weight excluding hydrogens is 287 g/mol. The molecule has 22 heavy (non-hydrogen) atoms. The minimum Gasteiger partial charge on any atom is -0.391 e. The number of hydrogen-bond donors (Lipinski definition) is 3. The molecule has 2 amide bonds. The third kappa shape index (κ3) is 4.04. The van der Waals surface area contributed by atoms with Crippen LogP contribution in [0.25, 0.3) is 0 Å². The van der Waals surface area contributed by atoms with Crippen LogP contribution in [0.3, 0.4) is 0 Å². The van der Waals surface area contributed by atoms with E-state index in [0.29, 0.717) is 30.9 Å². The van der Waals surface area contributed by atoms with Gasteiger partial charge in [0.05, 0.1) is 11.7 Å². The maximum Gasteiger partial charge on any atom is 0.254 e. The number of amides is 2. The molecule has 5 nitrogen and oxygen atoms in total. The van der Waals surface area contributed by atoms with Gasteiger partial charge < -0.3 is 15.7 Å². The molecule has 6 heteroatoms. The highest BCUT2D eigenvalue weighted by Crippen LogP contribution is 2.25. The summed E-state index contributed by atoms with van der Waals surface area (Å²) in [5.41, 5.74) is 1.10. The van der Waals surface area contributed by atoms with Gasteiger partial charge >= 0.3 is 0 Å². The number of aliphatic hydroxyl groups is 1. The third-order valence-corrected chi connectivity index (χ3v) is 3.57. The molecule has 0 bridgehead atoms. The number of nitrogens with one attached hydrogen (secondary N) is 2. The molecule has 1 unspecified atom stereocenters. The molecule has 0 radical (unpaired) electrons. The molecule has 1 atom stereocenters. The lowest BCUT2D eigenvalue weighted by atomic mass is 9.99. The quantitative estimate of drug-likeness (QED) is 0.777. The van der Waals surface area contributed by atoms with Crippen LogP contribution >= 0.6 is 0 Å². The molecule has 1 aliphatic rings. The van der Waals surface area contributed by atoms with Gasteiger partial charge in [-0.3, -0.25) is 9.59 Å². The Morgan fingerprint density at radius 3 is 2.82 bits per heavy atom. The van der Waals surface area contributed by atoms with Gasteiger partial charge in [0.15, 0.2) is 0 Å². The molecule has 0 fully saturated rings. The van der Waals surface area contributed by atoms with Crippen molar-refractivity contribution in [3.05, 3.63) is 29.1 Å². The van der Waals surface area contributed by atoms with Crippen LogP contribution in [0.4, 0.5) is 10.1 Å². The average Bonchev–Trinajstić information content (AvgIpc) is 2.43. The largest absolute Gasteiger partial charge is 0.391 e. The topological polar surface area (TPSA) is 78.4 Å². The Morgan fingerprint density at radius 1 is 1.41 bits per heavy atom. The van der Waals surface area contributed by atoms with Crippen molar-refractivity contribution < 1.29 is 19.1 Å². The van der Waals surface area contributed by atoms with Gasteiger partial charge in [0.2, 0.25) is 5.91 Å². The molecule has 0 aromatic heterocycles. The molecule has 0 spiro atoms. The zero-order valence-corrected chi connectivity index (χ0v) is 12.8. The molecule has 0 saturated heterocycles. The molecule has 1 heterocycles. The van der Waals surface area contributed by atoms with E-state index in [9.17, 15) is 19.1 Å². The molecule has 0 aliphatic carbocycles. The number of carbonyl (C=O) groups is 2. The van der Waals surface area contributed by atoms with Gasteiger partial charge in [-0.25, -0.2) is 4.39 Å². The van der Waals surface area contributed by atoms with Crippen molar-refractivity contribution in [3.63, 3.8) is 0 Å². The first kappa shape index (κ1) is 16.4. The second kappa shape index (κ2) is 6.87. The number of anilines is 1. The maximum absolute atomic E-state index is 14.0. The first-order valence-corrected chi connectivity index (χ1v) is 7.45. The Bertz CT molecular complexity index is 587. The van der Waals surface area contributed by atoms with Gasteiger partial charge in [-0.15, -0.1) is 0 Å². The summed E-state index contributed by atoms with van der Waals surface area (Å²) in [5.74, 6) is -1.08. The minimum absolute atomic E-state index is 0.0633. The Morgan fingerprint density at radius 2 is 2.14 bits per heavy atom. The summed E-state index contributed by atoms with van der Waals surface area (Å²) in [6.45, 7) is 4.04. The number of aliphatic hydroxyl groups excluding tert-OH is 1. The lowest BCUT2D eigenvalue weighted by molar-refractivity contribution is -0.116. The summed E-state index contributed by atoms with van der Waals surface area (Å²) in [4.78, 5) is 23.3. The fraction of sp³-hybridized carbons (Fsp3) is 0.500. The van der Waals surface area contributed by atoms with Crippen molar-refractivity contribution in [3.8, 4) is 0 Å². The minimum atomic E-state index is -0.684. The first-order valence-electron chi connectivity index (χ1n) is 7.45. The lowest BCUT2D eigenvalue weighted by Gasteiger charge is -2.18. The number of fused-ring (bicyclic) bond motifs is 1. The van der Waals surface area contributed by atoms with E-state index in [0.717, 1.165) is 5.56 Å². The van der Waals surface area contributed by atoms with E-state index in [1.165, 1.54) is 12.1 Å². The maximum atomic E-state index is 14.0. The zero-order valence-electron chi connectivity index (χ0n) is 12.8. The second-order valence-electron chi connectivity index (χ2n) is 6.03. The Hall–Kier alpha value is -1.95. The number of hydrogen-bond acceptors (Lipinski definition) is 3. The number of aryl methyl sites for hydroxylation is 1. The van der Waals surface area contributed by atoms with Crippen LogP contribution in [0.5, 0.6) is 0 Å². The predicted molar refractivity (Wildman–Crippen MR) is 81.1 cm³/mol. The number of carbonyl (C=O) groups excluding carboxylic acids is 2. The van der Waals surface area contributed by atoms with Crippen molar-refractivity contribution in [1.29, 1.82) is 0 Å². The molecule has 1 aliphatic heterocycles. The average molecular weight is 308 g/mol. The smallest absolute Gasteiger partial charge is 0.254 e. The van der Waals surface area contributed by atoms with Gasteiger partial charge in [-0.2, -0.15) is 0 Å². The van der Waals surface area contributed by atoms with Crippen LogP contribution in [0, 0.1) is 11.7 Å². The Balaban J connectivity index is 2.05. The highest BCUT2D eigenvalue weighted by Gasteiger charge is 2.21. The highest BCUT2D eigenvalue weighted by atomic mass is 19.1. The van der Waals surface area contributed by atoms with Crippen molar-refractivity contribution in [2.75, 3.05) is 11.9 Å². The molecule has 0 saturated carbocycles. The van der Waals surface area contributed by atoms with Crippen molar-refractivity contribution in [2.45, 2.75) is 39.2 Å². The fourth-order valence-corrected chi connectivity index (χ4v) is 2.51. The van der Waals surface area contributed by atoms with Gasteiger partial charge in [-0.05, 0) is 36.5 Å². The van der Waals surface area contributed by atoms with Crippen LogP contribution in [-0.4, -0.2) is 29.6 Å². The lowest BCUT2D eigenvalue weighted by Crippen LogP contribution is -2.33. The van der Waals surface area contributed by atoms with E-state index >= 15 is 0 Å². The van der Waals surface area contributed by atoms with E-state index in [4.69, 9.17) is 0 Å². The highest BCUT2D eigenvalue weighted by molar-refractivity contribution is 5.98. The molecular formula is C16H21FN2O3. The van der Waals surface area contributed by atoms with E-state index < -0.39 is 17.8 Å². The van der Waals surface area contributed by atoms with Gasteiger partial charge in [0, 0.05) is 18.7 Å². The monoisotopic (exact) mass is 308 g/mol. The van der Waals surface area contributed by atoms with Crippen LogP contribution < -0.4 is 10.6 Å². The Labute approximate surface area is 128 Å². The molecule has 1 aromatic rings. The second-order valence-corrected chi connectivity index (χ2v) is 6.03. The predicted octanol–water partition coefficient (Wildman–Crippen LogP) is 1.85. The third-order valence-electron chi connectivity index (χ3n) is 3.57. The summed E-state index contributed by atoms with van der Waals surface area (Å²) >= 11 is 0. The summed E-state index contributed by atoms with van der Waals surface area (Å²) < 4.78 is 14.0. The van der Waals surface area contributed by atoms with Crippen molar-refractivity contribution >= 4 is 17.5 Å². The van der Waals surface area contributed by atoms with E-state index in [1.54, 1.807) is 0 Å². The van der Waals surface area contributed by atoms with Crippen LogP contribution in [0.2, 0.25) is 0 Å². The van der Waals surface area contributed by atoms with Gasteiger partial charge in [0.25, 0.3) is 5.91 Å². The number of halogens is 1. The number of rotatable bonds is 5. The van der Waals surface area contributed by atoms with E-state index in [2.05, 4.69) is 10.6 Å². The summed E-state index contributed by atoms with van der Waals surface area (Å²) in [5, 5.41) is 14.9. The van der Waals surface area contributed by atoms with Crippen molar-refractivity contribution in [2.24, 2.45) is 5.92 Å². The molecule has 1 aromatic carbocycles. The van der Waals surface area contributed by atoms with Crippen molar-refractivity contribution in [1.82, 2.24) is 5.32 Å². The van der Waals surface area contributed by atoms with Crippen LogP contribution in [0.1, 0.15) is 42.6 Å². The van der Waals surface area contributed by atoms with Gasteiger partial charge in [-0.1, -0.05) is 13.8 Å². The van der Waals surface area contributed by atoms with Crippen LogP contribution in [-0.2, 0) is 11.2 Å². The SMILES string of the molecule is CC(C)CC(O)CNC(=O)c1cc2c(cc1F)NC(=O)CC2.